The van der Waals surface area contributed by atoms with Crippen molar-refractivity contribution < 1.29 is 5.11 Å². The van der Waals surface area contributed by atoms with Crippen LogP contribution in [0.4, 0.5) is 5.69 Å². The summed E-state index contributed by atoms with van der Waals surface area (Å²) in [7, 11) is 0. The standard InChI is InChI=1S/C13H16N2OS/c16-9-10-8-11-12(2-1-3-13(11)17-10)15-6-4-14-5-7-15/h1-3,8,14,16H,4-7,9H2. The second-order valence-electron chi connectivity index (χ2n) is 4.30. The molecule has 0 radical (unpaired) electrons. The van der Waals surface area contributed by atoms with Crippen LogP contribution in [0.1, 0.15) is 4.88 Å². The highest BCUT2D eigenvalue weighted by Crippen LogP contribution is 2.33. The zero-order valence-electron chi connectivity index (χ0n) is 9.65. The molecule has 0 unspecified atom stereocenters. The Morgan fingerprint density at radius 1 is 1.29 bits per heavy atom. The Labute approximate surface area is 105 Å². The number of piperazine rings is 1. The predicted molar refractivity (Wildman–Crippen MR) is 72.8 cm³/mol. The first kappa shape index (κ1) is 11.0. The van der Waals surface area contributed by atoms with Crippen LogP contribution in [0.3, 0.4) is 0 Å². The molecule has 17 heavy (non-hydrogen) atoms. The summed E-state index contributed by atoms with van der Waals surface area (Å²) in [6.45, 7) is 4.36. The van der Waals surface area contributed by atoms with E-state index in [1.54, 1.807) is 11.3 Å². The fourth-order valence-corrected chi connectivity index (χ4v) is 3.30. The second kappa shape index (κ2) is 4.64. The van der Waals surface area contributed by atoms with Gasteiger partial charge < -0.3 is 15.3 Å². The van der Waals surface area contributed by atoms with Gasteiger partial charge in [-0.15, -0.1) is 11.3 Å². The van der Waals surface area contributed by atoms with Crippen LogP contribution >= 0.6 is 11.3 Å². The third-order valence-corrected chi connectivity index (χ3v) is 4.29. The number of thiophene rings is 1. The average Bonchev–Trinajstić information content (AvgIpc) is 2.82. The van der Waals surface area contributed by atoms with E-state index in [1.165, 1.54) is 15.8 Å². The van der Waals surface area contributed by atoms with E-state index in [0.29, 0.717) is 0 Å². The first-order chi connectivity index (χ1) is 8.38. The number of benzene rings is 1. The van der Waals surface area contributed by atoms with E-state index in [4.69, 9.17) is 0 Å². The van der Waals surface area contributed by atoms with Gasteiger partial charge in [-0.1, -0.05) is 6.07 Å². The van der Waals surface area contributed by atoms with Crippen molar-refractivity contribution in [2.45, 2.75) is 6.61 Å². The highest BCUT2D eigenvalue weighted by molar-refractivity contribution is 7.19. The maximum Gasteiger partial charge on any atom is 0.0774 e. The van der Waals surface area contributed by atoms with E-state index in [9.17, 15) is 5.11 Å². The van der Waals surface area contributed by atoms with E-state index in [1.807, 2.05) is 0 Å². The van der Waals surface area contributed by atoms with Crippen molar-refractivity contribution in [1.29, 1.82) is 0 Å². The zero-order valence-corrected chi connectivity index (χ0v) is 10.5. The first-order valence-corrected chi connectivity index (χ1v) is 6.78. The number of nitrogens with zero attached hydrogens (tertiary/aromatic N) is 1. The topological polar surface area (TPSA) is 35.5 Å². The Morgan fingerprint density at radius 2 is 2.12 bits per heavy atom. The lowest BCUT2D eigenvalue weighted by atomic mass is 10.2. The fourth-order valence-electron chi connectivity index (χ4n) is 2.36. The molecule has 0 amide bonds. The lowest BCUT2D eigenvalue weighted by Crippen LogP contribution is -2.43. The summed E-state index contributed by atoms with van der Waals surface area (Å²) in [6, 6.07) is 8.54. The smallest absolute Gasteiger partial charge is 0.0774 e. The highest BCUT2D eigenvalue weighted by atomic mass is 32.1. The zero-order chi connectivity index (χ0) is 11.7. The van der Waals surface area contributed by atoms with E-state index >= 15 is 0 Å². The molecule has 2 heterocycles. The molecule has 3 nitrogen and oxygen atoms in total. The molecule has 1 aliphatic heterocycles. The minimum atomic E-state index is 0.139. The maximum atomic E-state index is 9.23. The van der Waals surface area contributed by atoms with Crippen molar-refractivity contribution in [3.8, 4) is 0 Å². The normalized spacial score (nSPS) is 16.6. The molecule has 2 aromatic rings. The Bertz CT molecular complexity index is 517. The summed E-state index contributed by atoms with van der Waals surface area (Å²) in [5.74, 6) is 0. The minimum absolute atomic E-state index is 0.139. The summed E-state index contributed by atoms with van der Waals surface area (Å²) in [5, 5.41) is 13.9. The molecule has 1 aromatic heterocycles. The van der Waals surface area contributed by atoms with E-state index in [-0.39, 0.29) is 6.61 Å². The van der Waals surface area contributed by atoms with Crippen LogP contribution in [0.5, 0.6) is 0 Å². The molecule has 3 rings (SSSR count). The molecule has 1 aromatic carbocycles. The number of fused-ring (bicyclic) bond motifs is 1. The third-order valence-electron chi connectivity index (χ3n) is 3.20. The van der Waals surface area contributed by atoms with Crippen LogP contribution in [0.2, 0.25) is 0 Å². The number of hydrogen-bond donors (Lipinski definition) is 2. The molecule has 4 heteroatoms. The van der Waals surface area contributed by atoms with E-state index in [0.717, 1.165) is 31.1 Å². The van der Waals surface area contributed by atoms with Gasteiger partial charge in [0, 0.05) is 46.8 Å². The number of aliphatic hydroxyl groups is 1. The van der Waals surface area contributed by atoms with Gasteiger partial charge in [0.05, 0.1) is 6.61 Å². The van der Waals surface area contributed by atoms with Gasteiger partial charge in [-0.2, -0.15) is 0 Å². The molecule has 2 N–H and O–H groups in total. The summed E-state index contributed by atoms with van der Waals surface area (Å²) >= 11 is 1.68. The van der Waals surface area contributed by atoms with Crippen molar-refractivity contribution in [2.75, 3.05) is 31.1 Å². The van der Waals surface area contributed by atoms with Crippen molar-refractivity contribution in [3.05, 3.63) is 29.1 Å². The largest absolute Gasteiger partial charge is 0.391 e. The first-order valence-electron chi connectivity index (χ1n) is 5.96. The van der Waals surface area contributed by atoms with Crippen LogP contribution in [0.25, 0.3) is 10.1 Å². The van der Waals surface area contributed by atoms with Crippen LogP contribution in [0, 0.1) is 0 Å². The van der Waals surface area contributed by atoms with Crippen molar-refractivity contribution in [1.82, 2.24) is 5.32 Å². The van der Waals surface area contributed by atoms with Gasteiger partial charge >= 0.3 is 0 Å². The molecule has 0 spiro atoms. The van der Waals surface area contributed by atoms with Gasteiger partial charge in [0.15, 0.2) is 0 Å². The third kappa shape index (κ3) is 2.04. The number of rotatable bonds is 2. The van der Waals surface area contributed by atoms with Gasteiger partial charge in [-0.05, 0) is 18.2 Å². The molecule has 0 saturated carbocycles. The Balaban J connectivity index is 2.05. The lowest BCUT2D eigenvalue weighted by molar-refractivity contribution is 0.285. The van der Waals surface area contributed by atoms with Crippen LogP contribution in [-0.4, -0.2) is 31.3 Å². The molecular weight excluding hydrogens is 232 g/mol. The van der Waals surface area contributed by atoms with Crippen LogP contribution < -0.4 is 10.2 Å². The van der Waals surface area contributed by atoms with E-state index < -0.39 is 0 Å². The summed E-state index contributed by atoms with van der Waals surface area (Å²) in [4.78, 5) is 3.47. The van der Waals surface area contributed by atoms with Gasteiger partial charge in [0.1, 0.15) is 0 Å². The molecular formula is C13H16N2OS. The Hall–Kier alpha value is -1.10. The molecule has 0 atom stereocenters. The molecule has 90 valence electrons. The average molecular weight is 248 g/mol. The van der Waals surface area contributed by atoms with Crippen LogP contribution in [-0.2, 0) is 6.61 Å². The van der Waals surface area contributed by atoms with Crippen molar-refractivity contribution in [3.63, 3.8) is 0 Å². The molecule has 1 saturated heterocycles. The minimum Gasteiger partial charge on any atom is -0.391 e. The Kier molecular flexibility index (Phi) is 3.01. The molecule has 1 fully saturated rings. The van der Waals surface area contributed by atoms with Crippen molar-refractivity contribution in [2.24, 2.45) is 0 Å². The van der Waals surface area contributed by atoms with E-state index in [2.05, 4.69) is 34.5 Å². The highest BCUT2D eigenvalue weighted by Gasteiger charge is 2.14. The number of aliphatic hydroxyl groups excluding tert-OH is 1. The van der Waals surface area contributed by atoms with Gasteiger partial charge in [-0.3, -0.25) is 0 Å². The monoisotopic (exact) mass is 248 g/mol. The van der Waals surface area contributed by atoms with Gasteiger partial charge in [-0.25, -0.2) is 0 Å². The Morgan fingerprint density at radius 3 is 2.88 bits per heavy atom. The molecule has 0 bridgehead atoms. The number of nitrogens with one attached hydrogen (secondary N) is 1. The van der Waals surface area contributed by atoms with Crippen LogP contribution in [0.15, 0.2) is 24.3 Å². The SMILES string of the molecule is OCc1cc2c(N3CCNCC3)cccc2s1. The van der Waals surface area contributed by atoms with Crippen molar-refractivity contribution >= 4 is 27.1 Å². The summed E-state index contributed by atoms with van der Waals surface area (Å²) in [5.41, 5.74) is 1.31. The van der Waals surface area contributed by atoms with Gasteiger partial charge in [0.25, 0.3) is 0 Å². The number of anilines is 1. The molecule has 0 aliphatic carbocycles. The summed E-state index contributed by atoms with van der Waals surface area (Å²) in [6.07, 6.45) is 0. The summed E-state index contributed by atoms with van der Waals surface area (Å²) < 4.78 is 1.27. The number of hydrogen-bond acceptors (Lipinski definition) is 4. The molecule has 1 aliphatic rings. The predicted octanol–water partition coefficient (Wildman–Crippen LogP) is 1.80. The lowest BCUT2D eigenvalue weighted by Gasteiger charge is -2.30. The van der Waals surface area contributed by atoms with Gasteiger partial charge in [0.2, 0.25) is 0 Å². The fraction of sp³-hybridized carbons (Fsp3) is 0.385. The maximum absolute atomic E-state index is 9.23. The second-order valence-corrected chi connectivity index (χ2v) is 5.47. The quantitative estimate of drug-likeness (QED) is 0.851.